The minimum Gasteiger partial charge on any atom is -0.326 e. The van der Waals surface area contributed by atoms with Crippen molar-refractivity contribution in [2.45, 2.75) is 25.3 Å². The van der Waals surface area contributed by atoms with Crippen LogP contribution in [-0.4, -0.2) is 13.4 Å². The van der Waals surface area contributed by atoms with Gasteiger partial charge in [0.15, 0.2) is 5.13 Å². The summed E-state index contributed by atoms with van der Waals surface area (Å²) in [6.45, 7) is 3.92. The summed E-state index contributed by atoms with van der Waals surface area (Å²) in [4.78, 5) is 5.36. The molecule has 7 heteroatoms. The molecule has 5 nitrogen and oxygen atoms in total. The third kappa shape index (κ3) is 2.94. The van der Waals surface area contributed by atoms with Crippen LogP contribution in [0.2, 0.25) is 0 Å². The molecule has 0 fully saturated rings. The average molecular weight is 297 g/mol. The maximum absolute atomic E-state index is 12.3. The molecule has 0 aliphatic rings. The second-order valence-corrected chi connectivity index (χ2v) is 6.93. The first-order valence-electron chi connectivity index (χ1n) is 5.69. The van der Waals surface area contributed by atoms with Crippen LogP contribution in [0.15, 0.2) is 29.2 Å². The number of hydrogen-bond acceptors (Lipinski definition) is 5. The van der Waals surface area contributed by atoms with Crippen LogP contribution >= 0.6 is 11.3 Å². The largest absolute Gasteiger partial charge is 0.326 e. The molecule has 0 bridgehead atoms. The van der Waals surface area contributed by atoms with Gasteiger partial charge in [0.2, 0.25) is 0 Å². The van der Waals surface area contributed by atoms with E-state index in [1.165, 1.54) is 17.4 Å². The number of rotatable bonds is 4. The van der Waals surface area contributed by atoms with Crippen LogP contribution in [0.4, 0.5) is 5.13 Å². The Balaban J connectivity index is 2.37. The van der Waals surface area contributed by atoms with Gasteiger partial charge in [0, 0.05) is 11.4 Å². The first-order chi connectivity index (χ1) is 8.94. The van der Waals surface area contributed by atoms with Crippen LogP contribution in [0.5, 0.6) is 0 Å². The highest BCUT2D eigenvalue weighted by molar-refractivity contribution is 7.93. The van der Waals surface area contributed by atoms with Crippen molar-refractivity contribution in [3.63, 3.8) is 0 Å². The van der Waals surface area contributed by atoms with E-state index in [1.54, 1.807) is 18.2 Å². The Morgan fingerprint density at radius 1 is 1.32 bits per heavy atom. The summed E-state index contributed by atoms with van der Waals surface area (Å²) in [6, 6.07) is 6.68. The van der Waals surface area contributed by atoms with Crippen molar-refractivity contribution < 1.29 is 8.42 Å². The number of aryl methyl sites for hydroxylation is 2. The van der Waals surface area contributed by atoms with E-state index in [2.05, 4.69) is 9.71 Å². The Kier molecular flexibility index (Phi) is 3.88. The normalized spacial score (nSPS) is 11.5. The smallest absolute Gasteiger partial charge is 0.263 e. The van der Waals surface area contributed by atoms with Crippen molar-refractivity contribution in [3.8, 4) is 0 Å². The zero-order chi connectivity index (χ0) is 14.0. The molecule has 0 aliphatic heterocycles. The summed E-state index contributed by atoms with van der Waals surface area (Å²) in [5, 5.41) is 0.377. The number of nitrogens with one attached hydrogen (secondary N) is 1. The van der Waals surface area contributed by atoms with Gasteiger partial charge in [0.1, 0.15) is 0 Å². The Morgan fingerprint density at radius 3 is 2.58 bits per heavy atom. The molecular formula is C12H15N3O2S2. The van der Waals surface area contributed by atoms with Crippen molar-refractivity contribution in [1.29, 1.82) is 0 Å². The van der Waals surface area contributed by atoms with E-state index in [0.717, 1.165) is 10.6 Å². The number of sulfonamides is 1. The summed E-state index contributed by atoms with van der Waals surface area (Å²) < 4.78 is 27.1. The van der Waals surface area contributed by atoms with Gasteiger partial charge >= 0.3 is 0 Å². The van der Waals surface area contributed by atoms with Crippen LogP contribution < -0.4 is 10.5 Å². The van der Waals surface area contributed by atoms with Gasteiger partial charge in [-0.3, -0.25) is 4.72 Å². The molecule has 2 aromatic rings. The number of thiazole rings is 1. The maximum atomic E-state index is 12.3. The standard InChI is InChI=1S/C12H15N3O2S2/c1-8-9(2)18-12(14-8)15-19(16,17)11-6-4-3-5-10(11)7-13/h3-6H,7,13H2,1-2H3,(H,14,15). The van der Waals surface area contributed by atoms with E-state index < -0.39 is 10.0 Å². The maximum Gasteiger partial charge on any atom is 0.263 e. The topological polar surface area (TPSA) is 85.1 Å². The van der Waals surface area contributed by atoms with Gasteiger partial charge in [-0.2, -0.15) is 0 Å². The molecule has 19 heavy (non-hydrogen) atoms. The first kappa shape index (κ1) is 14.0. The number of nitrogens with zero attached hydrogens (tertiary/aromatic N) is 1. The van der Waals surface area contributed by atoms with Gasteiger partial charge in [0.25, 0.3) is 10.0 Å². The lowest BCUT2D eigenvalue weighted by atomic mass is 10.2. The second kappa shape index (κ2) is 5.28. The van der Waals surface area contributed by atoms with Gasteiger partial charge in [-0.15, -0.1) is 11.3 Å². The third-order valence-electron chi connectivity index (χ3n) is 2.73. The predicted molar refractivity (Wildman–Crippen MR) is 76.7 cm³/mol. The minimum atomic E-state index is -3.64. The van der Waals surface area contributed by atoms with Gasteiger partial charge in [-0.05, 0) is 25.5 Å². The highest BCUT2D eigenvalue weighted by Crippen LogP contribution is 2.25. The molecule has 102 valence electrons. The molecule has 0 saturated heterocycles. The highest BCUT2D eigenvalue weighted by atomic mass is 32.2. The molecule has 2 rings (SSSR count). The van der Waals surface area contributed by atoms with Crippen molar-refractivity contribution in [3.05, 3.63) is 40.4 Å². The Morgan fingerprint density at radius 2 is 2.00 bits per heavy atom. The second-order valence-electron chi connectivity index (χ2n) is 4.08. The molecule has 1 aromatic carbocycles. The van der Waals surface area contributed by atoms with E-state index in [4.69, 9.17) is 5.73 Å². The highest BCUT2D eigenvalue weighted by Gasteiger charge is 2.19. The van der Waals surface area contributed by atoms with Gasteiger partial charge < -0.3 is 5.73 Å². The van der Waals surface area contributed by atoms with Crippen molar-refractivity contribution >= 4 is 26.5 Å². The van der Waals surface area contributed by atoms with Crippen molar-refractivity contribution in [2.24, 2.45) is 5.73 Å². The van der Waals surface area contributed by atoms with Crippen LogP contribution in [0.1, 0.15) is 16.1 Å². The molecule has 0 spiro atoms. The van der Waals surface area contributed by atoms with Crippen LogP contribution in [0, 0.1) is 13.8 Å². The van der Waals surface area contributed by atoms with Crippen molar-refractivity contribution in [2.75, 3.05) is 4.72 Å². The van der Waals surface area contributed by atoms with Crippen LogP contribution in [-0.2, 0) is 16.6 Å². The Bertz CT molecular complexity index is 673. The molecule has 3 N–H and O–H groups in total. The molecule has 1 heterocycles. The molecule has 0 aliphatic carbocycles. The molecule has 0 atom stereocenters. The van der Waals surface area contributed by atoms with Gasteiger partial charge in [0.05, 0.1) is 10.6 Å². The lowest BCUT2D eigenvalue weighted by Crippen LogP contribution is -2.16. The van der Waals surface area contributed by atoms with E-state index in [1.807, 2.05) is 13.8 Å². The molecule has 0 saturated carbocycles. The Labute approximate surface area is 116 Å². The number of hydrogen-bond donors (Lipinski definition) is 2. The van der Waals surface area contributed by atoms with Crippen molar-refractivity contribution in [1.82, 2.24) is 4.98 Å². The van der Waals surface area contributed by atoms with Crippen LogP contribution in [0.25, 0.3) is 0 Å². The lowest BCUT2D eigenvalue weighted by Gasteiger charge is -2.09. The fourth-order valence-electron chi connectivity index (χ4n) is 1.62. The van der Waals surface area contributed by atoms with E-state index >= 15 is 0 Å². The first-order valence-corrected chi connectivity index (χ1v) is 7.99. The van der Waals surface area contributed by atoms with E-state index in [-0.39, 0.29) is 11.4 Å². The lowest BCUT2D eigenvalue weighted by molar-refractivity contribution is 0.600. The molecule has 0 radical (unpaired) electrons. The van der Waals surface area contributed by atoms with Gasteiger partial charge in [-0.25, -0.2) is 13.4 Å². The fraction of sp³-hybridized carbons (Fsp3) is 0.250. The summed E-state index contributed by atoms with van der Waals surface area (Å²) in [5.41, 5.74) is 6.98. The zero-order valence-electron chi connectivity index (χ0n) is 10.7. The summed E-state index contributed by atoms with van der Waals surface area (Å²) in [5.74, 6) is 0. The molecule has 0 unspecified atom stereocenters. The number of nitrogens with two attached hydrogens (primary N) is 1. The quantitative estimate of drug-likeness (QED) is 0.904. The average Bonchev–Trinajstić information content (AvgIpc) is 2.67. The summed E-state index contributed by atoms with van der Waals surface area (Å²) >= 11 is 1.32. The van der Waals surface area contributed by atoms with E-state index in [9.17, 15) is 8.42 Å². The van der Waals surface area contributed by atoms with E-state index in [0.29, 0.717) is 10.7 Å². The molecule has 0 amide bonds. The van der Waals surface area contributed by atoms with Gasteiger partial charge in [-0.1, -0.05) is 18.2 Å². The zero-order valence-corrected chi connectivity index (χ0v) is 12.3. The summed E-state index contributed by atoms with van der Waals surface area (Å²) in [6.07, 6.45) is 0. The minimum absolute atomic E-state index is 0.174. The third-order valence-corrected chi connectivity index (χ3v) is 5.29. The number of aromatic nitrogens is 1. The number of anilines is 1. The molecule has 1 aromatic heterocycles. The monoisotopic (exact) mass is 297 g/mol. The Hall–Kier alpha value is -1.44. The predicted octanol–water partition coefficient (Wildman–Crippen LogP) is 2.02. The van der Waals surface area contributed by atoms with Crippen LogP contribution in [0.3, 0.4) is 0 Å². The SMILES string of the molecule is Cc1nc(NS(=O)(=O)c2ccccc2CN)sc1C. The fourth-order valence-corrected chi connectivity index (χ4v) is 3.92. The summed E-state index contributed by atoms with van der Waals surface area (Å²) in [7, 11) is -3.64. The molecular weight excluding hydrogens is 282 g/mol. The number of benzene rings is 1.